The molecule has 186 valence electrons. The number of hydrogen-bond acceptors (Lipinski definition) is 5. The highest BCUT2D eigenvalue weighted by Gasteiger charge is 2.24. The molecule has 3 aromatic rings. The van der Waals surface area contributed by atoms with Crippen molar-refractivity contribution in [2.24, 2.45) is 5.92 Å². The summed E-state index contributed by atoms with van der Waals surface area (Å²) in [7, 11) is 0. The fourth-order valence-electron chi connectivity index (χ4n) is 5.50. The highest BCUT2D eigenvalue weighted by atomic mass is 32.1. The van der Waals surface area contributed by atoms with Gasteiger partial charge >= 0.3 is 0 Å². The van der Waals surface area contributed by atoms with Crippen LogP contribution in [0.3, 0.4) is 0 Å². The SMILES string of the molecule is Cc1ccc(-c2csc3ncn(CCC(=O)N4CCC(CN5CCCCCC5)CC4)c(=O)c23)cc1. The van der Waals surface area contributed by atoms with Crippen LogP contribution in [0.1, 0.15) is 50.5 Å². The number of likely N-dealkylation sites (tertiary alicyclic amines) is 2. The lowest BCUT2D eigenvalue weighted by Gasteiger charge is -2.34. The number of hydrogen-bond donors (Lipinski definition) is 0. The molecule has 0 saturated carbocycles. The Kier molecular flexibility index (Phi) is 7.63. The Hall–Kier alpha value is -2.51. The summed E-state index contributed by atoms with van der Waals surface area (Å²) in [5.41, 5.74) is 3.08. The largest absolute Gasteiger partial charge is 0.343 e. The third-order valence-corrected chi connectivity index (χ3v) is 8.56. The molecule has 1 aromatic carbocycles. The minimum absolute atomic E-state index is 0.0595. The van der Waals surface area contributed by atoms with Gasteiger partial charge in [0.1, 0.15) is 4.83 Å². The lowest BCUT2D eigenvalue weighted by atomic mass is 9.96. The molecule has 6 nitrogen and oxygen atoms in total. The minimum Gasteiger partial charge on any atom is -0.343 e. The zero-order chi connectivity index (χ0) is 24.2. The van der Waals surface area contributed by atoms with Gasteiger partial charge in [0.2, 0.25) is 5.91 Å². The summed E-state index contributed by atoms with van der Waals surface area (Å²) < 4.78 is 1.61. The van der Waals surface area contributed by atoms with E-state index >= 15 is 0 Å². The minimum atomic E-state index is -0.0595. The second kappa shape index (κ2) is 11.0. The fourth-order valence-corrected chi connectivity index (χ4v) is 6.40. The molecule has 0 aliphatic carbocycles. The standard InChI is InChI=1S/C28H36N4O2S/c1-21-6-8-23(9-7-21)24-19-35-27-26(24)28(34)32(20-29-27)17-12-25(33)31-15-10-22(11-16-31)18-30-13-4-2-3-5-14-30/h6-9,19-20,22H,2-5,10-18H2,1H3. The van der Waals surface area contributed by atoms with E-state index in [1.165, 1.54) is 62.2 Å². The molecule has 0 spiro atoms. The van der Waals surface area contributed by atoms with Crippen molar-refractivity contribution in [1.29, 1.82) is 0 Å². The zero-order valence-electron chi connectivity index (χ0n) is 20.7. The molecule has 0 unspecified atom stereocenters. The van der Waals surface area contributed by atoms with Gasteiger partial charge < -0.3 is 9.80 Å². The average Bonchev–Trinajstić information content (AvgIpc) is 3.15. The van der Waals surface area contributed by atoms with Crippen LogP contribution in [0.15, 0.2) is 40.8 Å². The van der Waals surface area contributed by atoms with E-state index in [-0.39, 0.29) is 11.5 Å². The predicted molar refractivity (Wildman–Crippen MR) is 143 cm³/mol. The van der Waals surface area contributed by atoms with Crippen molar-refractivity contribution < 1.29 is 4.79 Å². The van der Waals surface area contributed by atoms with Gasteiger partial charge in [0, 0.05) is 43.5 Å². The molecule has 2 aromatic heterocycles. The van der Waals surface area contributed by atoms with E-state index in [1.54, 1.807) is 10.9 Å². The first-order chi connectivity index (χ1) is 17.1. The molecular formula is C28H36N4O2S. The molecule has 2 saturated heterocycles. The quantitative estimate of drug-likeness (QED) is 0.489. The van der Waals surface area contributed by atoms with Crippen LogP contribution < -0.4 is 5.56 Å². The van der Waals surface area contributed by atoms with Crippen molar-refractivity contribution in [2.45, 2.75) is 58.4 Å². The molecule has 0 bridgehead atoms. The van der Waals surface area contributed by atoms with E-state index in [2.05, 4.69) is 28.9 Å². The number of amides is 1. The summed E-state index contributed by atoms with van der Waals surface area (Å²) in [5.74, 6) is 0.847. The van der Waals surface area contributed by atoms with Gasteiger partial charge in [0.15, 0.2) is 0 Å². The van der Waals surface area contributed by atoms with Crippen molar-refractivity contribution in [3.63, 3.8) is 0 Å². The first-order valence-corrected chi connectivity index (χ1v) is 14.0. The molecule has 5 rings (SSSR count). The van der Waals surface area contributed by atoms with Crippen molar-refractivity contribution in [2.75, 3.05) is 32.7 Å². The summed E-state index contributed by atoms with van der Waals surface area (Å²) in [6, 6.07) is 8.22. The van der Waals surface area contributed by atoms with E-state index < -0.39 is 0 Å². The van der Waals surface area contributed by atoms with Gasteiger partial charge in [-0.3, -0.25) is 14.2 Å². The van der Waals surface area contributed by atoms with Crippen LogP contribution in [-0.4, -0.2) is 58.0 Å². The molecule has 2 fully saturated rings. The van der Waals surface area contributed by atoms with Crippen LogP contribution in [0.5, 0.6) is 0 Å². The van der Waals surface area contributed by atoms with Crippen LogP contribution in [0.2, 0.25) is 0 Å². The number of aromatic nitrogens is 2. The Morgan fingerprint density at radius 1 is 1.03 bits per heavy atom. The van der Waals surface area contributed by atoms with Crippen LogP contribution >= 0.6 is 11.3 Å². The molecule has 0 N–H and O–H groups in total. The van der Waals surface area contributed by atoms with E-state index in [4.69, 9.17) is 0 Å². The Labute approximate surface area is 211 Å². The third kappa shape index (κ3) is 5.67. The van der Waals surface area contributed by atoms with E-state index in [9.17, 15) is 9.59 Å². The number of carbonyl (C=O) groups excluding carboxylic acids is 1. The summed E-state index contributed by atoms with van der Waals surface area (Å²) in [4.78, 5) is 36.1. The maximum atomic E-state index is 13.3. The number of nitrogens with zero attached hydrogens (tertiary/aromatic N) is 4. The summed E-state index contributed by atoms with van der Waals surface area (Å²) in [6.45, 7) is 7.77. The van der Waals surface area contributed by atoms with E-state index in [0.29, 0.717) is 24.3 Å². The molecule has 2 aliphatic heterocycles. The molecule has 0 radical (unpaired) electrons. The van der Waals surface area contributed by atoms with Crippen LogP contribution in [-0.2, 0) is 11.3 Å². The molecule has 7 heteroatoms. The lowest BCUT2D eigenvalue weighted by molar-refractivity contribution is -0.132. The maximum absolute atomic E-state index is 13.3. The highest BCUT2D eigenvalue weighted by molar-refractivity contribution is 7.17. The predicted octanol–water partition coefficient (Wildman–Crippen LogP) is 4.94. The number of fused-ring (bicyclic) bond motifs is 1. The van der Waals surface area contributed by atoms with Crippen molar-refractivity contribution in [3.05, 3.63) is 51.9 Å². The number of rotatable bonds is 6. The Balaban J connectivity index is 1.18. The lowest BCUT2D eigenvalue weighted by Crippen LogP contribution is -2.42. The Morgan fingerprint density at radius 2 is 1.74 bits per heavy atom. The normalized spacial score (nSPS) is 18.1. The summed E-state index contributed by atoms with van der Waals surface area (Å²) in [6.07, 6.45) is 9.51. The summed E-state index contributed by atoms with van der Waals surface area (Å²) >= 11 is 1.49. The van der Waals surface area contributed by atoms with Crippen LogP contribution in [0.4, 0.5) is 0 Å². The van der Waals surface area contributed by atoms with Gasteiger partial charge in [-0.15, -0.1) is 11.3 Å². The maximum Gasteiger partial charge on any atom is 0.262 e. The Morgan fingerprint density at radius 3 is 2.46 bits per heavy atom. The molecule has 2 aliphatic rings. The van der Waals surface area contributed by atoms with Crippen molar-refractivity contribution in [3.8, 4) is 11.1 Å². The average molecular weight is 493 g/mol. The highest BCUT2D eigenvalue weighted by Crippen LogP contribution is 2.30. The van der Waals surface area contributed by atoms with E-state index in [1.807, 2.05) is 22.4 Å². The number of carbonyl (C=O) groups is 1. The van der Waals surface area contributed by atoms with Crippen LogP contribution in [0.25, 0.3) is 21.3 Å². The van der Waals surface area contributed by atoms with Crippen LogP contribution in [0, 0.1) is 12.8 Å². The molecule has 35 heavy (non-hydrogen) atoms. The fraction of sp³-hybridized carbons (Fsp3) is 0.536. The zero-order valence-corrected chi connectivity index (χ0v) is 21.6. The molecule has 0 atom stereocenters. The Bertz CT molecular complexity index is 1200. The number of aryl methyl sites for hydroxylation is 2. The summed E-state index contributed by atoms with van der Waals surface area (Å²) in [5, 5.41) is 2.66. The number of thiophene rings is 1. The van der Waals surface area contributed by atoms with Crippen molar-refractivity contribution in [1.82, 2.24) is 19.4 Å². The van der Waals surface area contributed by atoms with E-state index in [0.717, 1.165) is 41.9 Å². The second-order valence-electron chi connectivity index (χ2n) is 10.2. The molecule has 4 heterocycles. The molecular weight excluding hydrogens is 456 g/mol. The van der Waals surface area contributed by atoms with Crippen molar-refractivity contribution >= 4 is 27.5 Å². The number of benzene rings is 1. The smallest absolute Gasteiger partial charge is 0.262 e. The second-order valence-corrected chi connectivity index (χ2v) is 11.1. The van der Waals surface area contributed by atoms with Gasteiger partial charge in [-0.25, -0.2) is 4.98 Å². The van der Waals surface area contributed by atoms with Gasteiger partial charge in [0.25, 0.3) is 5.56 Å². The third-order valence-electron chi connectivity index (χ3n) is 7.67. The van der Waals surface area contributed by atoms with Gasteiger partial charge in [-0.2, -0.15) is 0 Å². The first-order valence-electron chi connectivity index (χ1n) is 13.1. The van der Waals surface area contributed by atoms with Gasteiger partial charge in [-0.1, -0.05) is 42.7 Å². The van der Waals surface area contributed by atoms with Gasteiger partial charge in [0.05, 0.1) is 11.7 Å². The number of piperidine rings is 1. The van der Waals surface area contributed by atoms with Gasteiger partial charge in [-0.05, 0) is 57.2 Å². The first kappa shape index (κ1) is 24.2. The molecule has 1 amide bonds. The monoisotopic (exact) mass is 492 g/mol. The topological polar surface area (TPSA) is 58.4 Å².